The Hall–Kier alpha value is -5.29. The summed E-state index contributed by atoms with van der Waals surface area (Å²) >= 11 is 0. The van der Waals surface area contributed by atoms with Gasteiger partial charge in [-0.2, -0.15) is 0 Å². The number of anilines is 2. The molecule has 2 N–H and O–H groups in total. The Morgan fingerprint density at radius 2 is 1.00 bits per heavy atom. The highest BCUT2D eigenvalue weighted by atomic mass is 16.2. The SMILES string of the molecule is O=C(Nc1ccc2ccccc2c1)c1ccc(-c2ccc(C(=O)Nc3ccc4ccccc4c3)cn2)cc1. The summed E-state index contributed by atoms with van der Waals surface area (Å²) in [6.07, 6.45) is 1.56. The van der Waals surface area contributed by atoms with Crippen LogP contribution in [0.2, 0.25) is 0 Å². The number of carbonyl (C=O) groups excluding carboxylic acids is 2. The Balaban J connectivity index is 1.12. The molecule has 0 atom stereocenters. The van der Waals surface area contributed by atoms with E-state index < -0.39 is 0 Å². The fourth-order valence-corrected chi connectivity index (χ4v) is 4.43. The fraction of sp³-hybridized carbons (Fsp3) is 0. The van der Waals surface area contributed by atoms with Crippen molar-refractivity contribution in [2.75, 3.05) is 10.6 Å². The van der Waals surface area contributed by atoms with E-state index in [2.05, 4.69) is 15.6 Å². The maximum atomic E-state index is 12.8. The smallest absolute Gasteiger partial charge is 0.257 e. The van der Waals surface area contributed by atoms with Gasteiger partial charge in [0.05, 0.1) is 11.3 Å². The molecule has 0 spiro atoms. The zero-order valence-corrected chi connectivity index (χ0v) is 20.4. The molecular weight excluding hydrogens is 470 g/mol. The number of carbonyl (C=O) groups is 2. The molecule has 0 saturated carbocycles. The van der Waals surface area contributed by atoms with Crippen LogP contribution in [0.4, 0.5) is 11.4 Å². The summed E-state index contributed by atoms with van der Waals surface area (Å²) in [5, 5.41) is 10.3. The third kappa shape index (κ3) is 4.86. The molecule has 0 saturated heterocycles. The van der Waals surface area contributed by atoms with Crippen LogP contribution in [0.1, 0.15) is 20.7 Å². The first-order chi connectivity index (χ1) is 18.6. The second kappa shape index (κ2) is 9.99. The van der Waals surface area contributed by atoms with Crippen molar-refractivity contribution >= 4 is 44.7 Å². The summed E-state index contributed by atoms with van der Waals surface area (Å²) in [5.41, 5.74) is 4.07. The molecule has 0 unspecified atom stereocenters. The van der Waals surface area contributed by atoms with Crippen molar-refractivity contribution in [1.82, 2.24) is 4.98 Å². The highest BCUT2D eigenvalue weighted by Crippen LogP contribution is 2.22. The molecule has 1 aromatic heterocycles. The highest BCUT2D eigenvalue weighted by Gasteiger charge is 2.10. The lowest BCUT2D eigenvalue weighted by Crippen LogP contribution is -2.12. The Morgan fingerprint density at radius 3 is 1.53 bits per heavy atom. The third-order valence-electron chi connectivity index (χ3n) is 6.48. The standard InChI is InChI=1S/C33H23N3O2/c37-32(35-29-16-13-22-5-1-3-7-26(22)19-29)25-11-9-24(10-12-25)31-18-15-28(21-34-31)33(38)36-30-17-14-23-6-2-4-8-27(23)20-30/h1-21H,(H,35,37)(H,36,38). The molecule has 1 heterocycles. The van der Waals surface area contributed by atoms with Crippen molar-refractivity contribution in [3.63, 3.8) is 0 Å². The Kier molecular flexibility index (Phi) is 6.08. The first-order valence-electron chi connectivity index (χ1n) is 12.3. The van der Waals surface area contributed by atoms with E-state index in [-0.39, 0.29) is 11.8 Å². The minimum atomic E-state index is -0.222. The minimum absolute atomic E-state index is 0.180. The first kappa shape index (κ1) is 23.1. The topological polar surface area (TPSA) is 71.1 Å². The van der Waals surface area contributed by atoms with E-state index in [0.717, 1.165) is 38.5 Å². The van der Waals surface area contributed by atoms with E-state index in [0.29, 0.717) is 16.8 Å². The number of nitrogens with zero attached hydrogens (tertiary/aromatic N) is 1. The van der Waals surface area contributed by atoms with E-state index in [1.807, 2.05) is 97.1 Å². The maximum absolute atomic E-state index is 12.8. The molecule has 6 aromatic rings. The molecule has 0 aliphatic rings. The molecule has 0 radical (unpaired) electrons. The molecule has 0 aliphatic heterocycles. The number of amides is 2. The van der Waals surface area contributed by atoms with Crippen LogP contribution in [-0.4, -0.2) is 16.8 Å². The average Bonchev–Trinajstić information content (AvgIpc) is 2.97. The number of hydrogen-bond donors (Lipinski definition) is 2. The molecule has 5 heteroatoms. The van der Waals surface area contributed by atoms with Gasteiger partial charge in [-0.3, -0.25) is 14.6 Å². The van der Waals surface area contributed by atoms with E-state index in [1.54, 1.807) is 30.5 Å². The summed E-state index contributed by atoms with van der Waals surface area (Å²) in [6, 6.07) is 38.5. The lowest BCUT2D eigenvalue weighted by Gasteiger charge is -2.09. The lowest BCUT2D eigenvalue weighted by molar-refractivity contribution is 0.101. The van der Waals surface area contributed by atoms with Gasteiger partial charge in [0.2, 0.25) is 0 Å². The third-order valence-corrected chi connectivity index (χ3v) is 6.48. The van der Waals surface area contributed by atoms with Gasteiger partial charge in [0.15, 0.2) is 0 Å². The number of benzene rings is 5. The van der Waals surface area contributed by atoms with Gasteiger partial charge in [-0.15, -0.1) is 0 Å². The van der Waals surface area contributed by atoms with Gasteiger partial charge >= 0.3 is 0 Å². The van der Waals surface area contributed by atoms with Gasteiger partial charge in [-0.1, -0.05) is 72.8 Å². The van der Waals surface area contributed by atoms with Crippen molar-refractivity contribution in [2.45, 2.75) is 0 Å². The lowest BCUT2D eigenvalue weighted by atomic mass is 10.1. The predicted molar refractivity (Wildman–Crippen MR) is 153 cm³/mol. The fourth-order valence-electron chi connectivity index (χ4n) is 4.43. The number of pyridine rings is 1. The van der Waals surface area contributed by atoms with E-state index in [4.69, 9.17) is 0 Å². The largest absolute Gasteiger partial charge is 0.322 e. The van der Waals surface area contributed by atoms with Crippen LogP contribution >= 0.6 is 0 Å². The van der Waals surface area contributed by atoms with Gasteiger partial charge in [-0.05, 0) is 70.1 Å². The quantitative estimate of drug-likeness (QED) is 0.260. The normalized spacial score (nSPS) is 10.8. The molecule has 6 rings (SSSR count). The van der Waals surface area contributed by atoms with E-state index in [9.17, 15) is 9.59 Å². The monoisotopic (exact) mass is 493 g/mol. The molecule has 5 nitrogen and oxygen atoms in total. The van der Waals surface area contributed by atoms with Gasteiger partial charge < -0.3 is 10.6 Å². The van der Waals surface area contributed by atoms with Crippen LogP contribution in [0.15, 0.2) is 128 Å². The second-order valence-electron chi connectivity index (χ2n) is 9.04. The molecule has 2 amide bonds. The van der Waals surface area contributed by atoms with Crippen LogP contribution in [0, 0.1) is 0 Å². The van der Waals surface area contributed by atoms with Crippen molar-refractivity contribution in [1.29, 1.82) is 0 Å². The molecule has 0 bridgehead atoms. The Labute approximate surface area is 219 Å². The highest BCUT2D eigenvalue weighted by molar-refractivity contribution is 6.06. The first-order valence-corrected chi connectivity index (χ1v) is 12.3. The van der Waals surface area contributed by atoms with Crippen LogP contribution in [0.5, 0.6) is 0 Å². The van der Waals surface area contributed by atoms with Gasteiger partial charge in [0.25, 0.3) is 11.8 Å². The predicted octanol–water partition coefficient (Wildman–Crippen LogP) is 7.56. The Bertz CT molecular complexity index is 1660. The molecule has 5 aromatic carbocycles. The summed E-state index contributed by atoms with van der Waals surface area (Å²) in [7, 11) is 0. The van der Waals surface area contributed by atoms with Gasteiger partial charge in [0.1, 0.15) is 0 Å². The van der Waals surface area contributed by atoms with E-state index in [1.165, 1.54) is 0 Å². The molecular formula is C33H23N3O2. The maximum Gasteiger partial charge on any atom is 0.257 e. The minimum Gasteiger partial charge on any atom is -0.322 e. The van der Waals surface area contributed by atoms with Crippen LogP contribution in [0.3, 0.4) is 0 Å². The summed E-state index contributed by atoms with van der Waals surface area (Å²) in [6.45, 7) is 0. The van der Waals surface area contributed by atoms with Crippen molar-refractivity contribution in [3.05, 3.63) is 139 Å². The van der Waals surface area contributed by atoms with Crippen molar-refractivity contribution in [2.24, 2.45) is 0 Å². The average molecular weight is 494 g/mol. The van der Waals surface area contributed by atoms with Crippen LogP contribution < -0.4 is 10.6 Å². The van der Waals surface area contributed by atoms with Crippen LogP contribution in [0.25, 0.3) is 32.8 Å². The van der Waals surface area contributed by atoms with E-state index >= 15 is 0 Å². The number of fused-ring (bicyclic) bond motifs is 2. The number of hydrogen-bond acceptors (Lipinski definition) is 3. The zero-order valence-electron chi connectivity index (χ0n) is 20.4. The second-order valence-corrected chi connectivity index (χ2v) is 9.04. The molecule has 38 heavy (non-hydrogen) atoms. The van der Waals surface area contributed by atoms with Gasteiger partial charge in [-0.25, -0.2) is 0 Å². The summed E-state index contributed by atoms with van der Waals surface area (Å²) in [4.78, 5) is 30.0. The number of nitrogens with one attached hydrogen (secondary N) is 2. The summed E-state index contributed by atoms with van der Waals surface area (Å²) in [5.74, 6) is -0.402. The molecule has 0 aliphatic carbocycles. The van der Waals surface area contributed by atoms with Crippen LogP contribution in [-0.2, 0) is 0 Å². The summed E-state index contributed by atoms with van der Waals surface area (Å²) < 4.78 is 0. The van der Waals surface area contributed by atoms with Gasteiger partial charge in [0, 0.05) is 28.7 Å². The number of rotatable bonds is 5. The number of aromatic nitrogens is 1. The molecule has 182 valence electrons. The molecule has 0 fully saturated rings. The van der Waals surface area contributed by atoms with Crippen molar-refractivity contribution in [3.8, 4) is 11.3 Å². The Morgan fingerprint density at radius 1 is 0.500 bits per heavy atom. The van der Waals surface area contributed by atoms with Crippen molar-refractivity contribution < 1.29 is 9.59 Å². The zero-order chi connectivity index (χ0) is 25.9.